The van der Waals surface area contributed by atoms with Crippen LogP contribution in [0, 0.1) is 0 Å². The van der Waals surface area contributed by atoms with E-state index in [0.29, 0.717) is 6.54 Å². The first-order valence-electron chi connectivity index (χ1n) is 7.10. The zero-order valence-electron chi connectivity index (χ0n) is 11.7. The highest BCUT2D eigenvalue weighted by Gasteiger charge is 2.14. The molecule has 2 heterocycles. The molecule has 2 aromatic rings. The van der Waals surface area contributed by atoms with Crippen molar-refractivity contribution in [3.63, 3.8) is 0 Å². The van der Waals surface area contributed by atoms with E-state index in [-0.39, 0.29) is 12.5 Å². The molecule has 3 rings (SSSR count). The van der Waals surface area contributed by atoms with Crippen LogP contribution < -0.4 is 15.4 Å². The van der Waals surface area contributed by atoms with E-state index in [4.69, 9.17) is 9.15 Å². The van der Waals surface area contributed by atoms with Crippen LogP contribution in [0.15, 0.2) is 41.0 Å². The molecule has 1 aliphatic rings. The Morgan fingerprint density at radius 1 is 1.33 bits per heavy atom. The molecule has 0 fully saturated rings. The van der Waals surface area contributed by atoms with Gasteiger partial charge in [-0.25, -0.2) is 0 Å². The number of amides is 1. The summed E-state index contributed by atoms with van der Waals surface area (Å²) in [7, 11) is 0. The summed E-state index contributed by atoms with van der Waals surface area (Å²) in [6, 6.07) is 9.54. The third kappa shape index (κ3) is 3.37. The van der Waals surface area contributed by atoms with E-state index < -0.39 is 0 Å². The lowest BCUT2D eigenvalue weighted by atomic mass is 10.0. The monoisotopic (exact) mass is 286 g/mol. The Labute approximate surface area is 123 Å². The van der Waals surface area contributed by atoms with Crippen LogP contribution in [0.2, 0.25) is 0 Å². The standard InChI is InChI=1S/C16H18N2O3/c19-15(18-10-13-6-3-9-20-13)11-21-14-7-1-4-12-5-2-8-17-16(12)14/h1,3-4,6-7,9,17H,2,5,8,10-11H2,(H,18,19). The Bertz CT molecular complexity index is 608. The number of carbonyl (C=O) groups is 1. The van der Waals surface area contributed by atoms with Crippen molar-refractivity contribution in [2.45, 2.75) is 19.4 Å². The van der Waals surface area contributed by atoms with E-state index >= 15 is 0 Å². The summed E-state index contributed by atoms with van der Waals surface area (Å²) in [5.74, 6) is 1.29. The highest BCUT2D eigenvalue weighted by Crippen LogP contribution is 2.31. The van der Waals surface area contributed by atoms with Crippen molar-refractivity contribution in [1.29, 1.82) is 0 Å². The van der Waals surface area contributed by atoms with Crippen LogP contribution in [0.4, 0.5) is 5.69 Å². The molecule has 0 aliphatic carbocycles. The maximum Gasteiger partial charge on any atom is 0.258 e. The fraction of sp³-hybridized carbons (Fsp3) is 0.312. The lowest BCUT2D eigenvalue weighted by molar-refractivity contribution is -0.123. The van der Waals surface area contributed by atoms with Crippen molar-refractivity contribution >= 4 is 11.6 Å². The average molecular weight is 286 g/mol. The van der Waals surface area contributed by atoms with Gasteiger partial charge in [0.25, 0.3) is 5.91 Å². The number of hydrogen-bond donors (Lipinski definition) is 2. The van der Waals surface area contributed by atoms with Crippen molar-refractivity contribution in [2.24, 2.45) is 0 Å². The van der Waals surface area contributed by atoms with E-state index in [0.717, 1.165) is 36.6 Å². The maximum atomic E-state index is 11.8. The molecule has 21 heavy (non-hydrogen) atoms. The molecule has 5 heteroatoms. The number of fused-ring (bicyclic) bond motifs is 1. The fourth-order valence-corrected chi connectivity index (χ4v) is 2.39. The molecule has 0 unspecified atom stereocenters. The Balaban J connectivity index is 1.54. The molecule has 2 N–H and O–H groups in total. The van der Waals surface area contributed by atoms with Gasteiger partial charge in [0.1, 0.15) is 11.5 Å². The summed E-state index contributed by atoms with van der Waals surface area (Å²) in [5.41, 5.74) is 2.26. The van der Waals surface area contributed by atoms with Crippen LogP contribution in [0.25, 0.3) is 0 Å². The first-order chi connectivity index (χ1) is 10.3. The SMILES string of the molecule is O=C(COc1cccc2c1NCCC2)NCc1ccco1. The van der Waals surface area contributed by atoms with E-state index in [1.54, 1.807) is 12.3 Å². The van der Waals surface area contributed by atoms with Crippen LogP contribution in [-0.2, 0) is 17.8 Å². The van der Waals surface area contributed by atoms with Gasteiger partial charge in [0.15, 0.2) is 6.61 Å². The molecule has 0 saturated heterocycles. The normalized spacial score (nSPS) is 13.1. The van der Waals surface area contributed by atoms with Crippen LogP contribution in [-0.4, -0.2) is 19.1 Å². The van der Waals surface area contributed by atoms with E-state index in [1.807, 2.05) is 18.2 Å². The number of nitrogens with one attached hydrogen (secondary N) is 2. The molecule has 1 aliphatic heterocycles. The topological polar surface area (TPSA) is 63.5 Å². The van der Waals surface area contributed by atoms with Gasteiger partial charge in [0.2, 0.25) is 0 Å². The van der Waals surface area contributed by atoms with Crippen LogP contribution >= 0.6 is 0 Å². The molecule has 110 valence electrons. The zero-order valence-corrected chi connectivity index (χ0v) is 11.7. The minimum atomic E-state index is -0.167. The number of ether oxygens (including phenoxy) is 1. The molecule has 5 nitrogen and oxygen atoms in total. The van der Waals surface area contributed by atoms with Gasteiger partial charge < -0.3 is 19.8 Å². The summed E-state index contributed by atoms with van der Waals surface area (Å²) in [6.45, 7) is 1.32. The van der Waals surface area contributed by atoms with E-state index in [1.165, 1.54) is 5.56 Å². The number of hydrogen-bond acceptors (Lipinski definition) is 4. The van der Waals surface area contributed by atoms with E-state index in [9.17, 15) is 4.79 Å². The summed E-state index contributed by atoms with van der Waals surface area (Å²) < 4.78 is 10.8. The second-order valence-corrected chi connectivity index (χ2v) is 4.97. The van der Waals surface area contributed by atoms with Crippen molar-refractivity contribution in [3.8, 4) is 5.75 Å². The smallest absolute Gasteiger partial charge is 0.258 e. The molecule has 0 atom stereocenters. The molecular formula is C16H18N2O3. The predicted molar refractivity (Wildman–Crippen MR) is 79.3 cm³/mol. The highest BCUT2D eigenvalue weighted by atomic mass is 16.5. The third-order valence-corrected chi connectivity index (χ3v) is 3.44. The first-order valence-corrected chi connectivity index (χ1v) is 7.10. The number of para-hydroxylation sites is 1. The Morgan fingerprint density at radius 2 is 2.29 bits per heavy atom. The zero-order chi connectivity index (χ0) is 14.5. The number of anilines is 1. The Hall–Kier alpha value is -2.43. The quantitative estimate of drug-likeness (QED) is 0.885. The van der Waals surface area contributed by atoms with Gasteiger partial charge in [-0.2, -0.15) is 0 Å². The minimum Gasteiger partial charge on any atom is -0.482 e. The van der Waals surface area contributed by atoms with Crippen molar-refractivity contribution < 1.29 is 13.9 Å². The fourth-order valence-electron chi connectivity index (χ4n) is 2.39. The Morgan fingerprint density at radius 3 is 3.14 bits per heavy atom. The molecule has 1 aromatic carbocycles. The summed E-state index contributed by atoms with van der Waals surface area (Å²) in [4.78, 5) is 11.8. The van der Waals surface area contributed by atoms with Gasteiger partial charge in [-0.05, 0) is 36.6 Å². The number of benzene rings is 1. The van der Waals surface area contributed by atoms with Gasteiger partial charge in [0, 0.05) is 6.54 Å². The maximum absolute atomic E-state index is 11.8. The molecular weight excluding hydrogens is 268 g/mol. The number of aryl methyl sites for hydroxylation is 1. The van der Waals surface area contributed by atoms with Crippen molar-refractivity contribution in [1.82, 2.24) is 5.32 Å². The summed E-state index contributed by atoms with van der Waals surface area (Å²) in [6.07, 6.45) is 3.75. The lowest BCUT2D eigenvalue weighted by Crippen LogP contribution is -2.28. The van der Waals surface area contributed by atoms with Gasteiger partial charge in [-0.15, -0.1) is 0 Å². The lowest BCUT2D eigenvalue weighted by Gasteiger charge is -2.21. The summed E-state index contributed by atoms with van der Waals surface area (Å²) >= 11 is 0. The third-order valence-electron chi connectivity index (χ3n) is 3.44. The number of rotatable bonds is 5. The molecule has 0 saturated carbocycles. The van der Waals surface area contributed by atoms with Crippen LogP contribution in [0.1, 0.15) is 17.7 Å². The Kier molecular flexibility index (Phi) is 4.09. The van der Waals surface area contributed by atoms with Gasteiger partial charge in [-0.1, -0.05) is 12.1 Å². The largest absolute Gasteiger partial charge is 0.482 e. The molecule has 0 spiro atoms. The van der Waals surface area contributed by atoms with Gasteiger partial charge in [0.05, 0.1) is 18.5 Å². The second kappa shape index (κ2) is 6.35. The van der Waals surface area contributed by atoms with Crippen molar-refractivity contribution in [3.05, 3.63) is 47.9 Å². The number of furan rings is 1. The van der Waals surface area contributed by atoms with Gasteiger partial charge >= 0.3 is 0 Å². The average Bonchev–Trinajstić information content (AvgIpc) is 3.04. The highest BCUT2D eigenvalue weighted by molar-refractivity contribution is 5.77. The predicted octanol–water partition coefficient (Wildman–Crippen LogP) is 2.33. The van der Waals surface area contributed by atoms with Gasteiger partial charge in [-0.3, -0.25) is 4.79 Å². The molecule has 0 bridgehead atoms. The molecule has 0 radical (unpaired) electrons. The van der Waals surface area contributed by atoms with Crippen LogP contribution in [0.5, 0.6) is 5.75 Å². The summed E-state index contributed by atoms with van der Waals surface area (Å²) in [5, 5.41) is 6.09. The van der Waals surface area contributed by atoms with Crippen LogP contribution in [0.3, 0.4) is 0 Å². The number of carbonyl (C=O) groups excluding carboxylic acids is 1. The molecule has 1 aromatic heterocycles. The van der Waals surface area contributed by atoms with E-state index in [2.05, 4.69) is 16.7 Å². The van der Waals surface area contributed by atoms with Crippen molar-refractivity contribution in [2.75, 3.05) is 18.5 Å². The second-order valence-electron chi connectivity index (χ2n) is 4.97. The first kappa shape index (κ1) is 13.5. The minimum absolute atomic E-state index is 0.00115. The molecule has 1 amide bonds.